The van der Waals surface area contributed by atoms with E-state index in [9.17, 15) is 9.59 Å². The van der Waals surface area contributed by atoms with Crippen LogP contribution in [0.2, 0.25) is 5.02 Å². The molecule has 0 aliphatic heterocycles. The summed E-state index contributed by atoms with van der Waals surface area (Å²) in [5.41, 5.74) is 1.33. The minimum atomic E-state index is -0.477. The van der Waals surface area contributed by atoms with E-state index in [0.717, 1.165) is 15.3 Å². The van der Waals surface area contributed by atoms with Crippen LogP contribution in [0.4, 0.5) is 0 Å². The Hall–Kier alpha value is -1.85. The van der Waals surface area contributed by atoms with E-state index < -0.39 is 5.97 Å². The molecule has 0 bridgehead atoms. The Kier molecular flexibility index (Phi) is 5.57. The van der Waals surface area contributed by atoms with Gasteiger partial charge in [0.2, 0.25) is 0 Å². The Morgan fingerprint density at radius 3 is 2.64 bits per heavy atom. The van der Waals surface area contributed by atoms with E-state index in [2.05, 4.69) is 5.32 Å². The van der Waals surface area contributed by atoms with Gasteiger partial charge < -0.3 is 10.1 Å². The maximum Gasteiger partial charge on any atom is 0.339 e. The highest BCUT2D eigenvalue weighted by Gasteiger charge is 2.15. The van der Waals surface area contributed by atoms with Crippen molar-refractivity contribution < 1.29 is 14.3 Å². The van der Waals surface area contributed by atoms with Crippen molar-refractivity contribution in [3.8, 4) is 0 Å². The molecule has 0 saturated heterocycles. The average Bonchev–Trinajstić information content (AvgIpc) is 2.82. The van der Waals surface area contributed by atoms with Gasteiger partial charge in [-0.2, -0.15) is 0 Å². The van der Waals surface area contributed by atoms with Crippen molar-refractivity contribution >= 4 is 34.8 Å². The minimum Gasteiger partial charge on any atom is -0.452 e. The summed E-state index contributed by atoms with van der Waals surface area (Å²) < 4.78 is 5.03. The van der Waals surface area contributed by atoms with Gasteiger partial charge in [-0.05, 0) is 31.5 Å². The second-order valence-corrected chi connectivity index (χ2v) is 6.64. The van der Waals surface area contributed by atoms with Gasteiger partial charge in [-0.25, -0.2) is 4.79 Å². The summed E-state index contributed by atoms with van der Waals surface area (Å²) >= 11 is 7.52. The first-order valence-corrected chi connectivity index (χ1v) is 7.91. The highest BCUT2D eigenvalue weighted by atomic mass is 35.5. The molecule has 1 N–H and O–H groups in total. The lowest BCUT2D eigenvalue weighted by atomic mass is 10.2. The fraction of sp³-hybridized carbons (Fsp3) is 0.250. The molecule has 0 aliphatic carbocycles. The van der Waals surface area contributed by atoms with Gasteiger partial charge in [0.05, 0.1) is 5.56 Å². The Morgan fingerprint density at radius 1 is 1.27 bits per heavy atom. The second kappa shape index (κ2) is 7.42. The number of ether oxygens (including phenoxy) is 1. The van der Waals surface area contributed by atoms with Crippen molar-refractivity contribution in [2.24, 2.45) is 0 Å². The standard InChI is InChI=1S/C16H16ClNO3S/c1-10-7-13(11(2)22-10)16(20)21-9-15(19)18-8-12-5-3-4-6-14(12)17/h3-7H,8-9H2,1-2H3,(H,18,19). The minimum absolute atomic E-state index is 0.298. The first kappa shape index (κ1) is 16.5. The van der Waals surface area contributed by atoms with Crippen molar-refractivity contribution in [2.45, 2.75) is 20.4 Å². The molecule has 4 nitrogen and oxygen atoms in total. The summed E-state index contributed by atoms with van der Waals surface area (Å²) in [4.78, 5) is 25.5. The number of benzene rings is 1. The second-order valence-electron chi connectivity index (χ2n) is 4.77. The molecule has 1 amide bonds. The maximum absolute atomic E-state index is 11.9. The molecule has 2 rings (SSSR count). The molecule has 0 atom stereocenters. The van der Waals surface area contributed by atoms with Crippen molar-refractivity contribution in [3.63, 3.8) is 0 Å². The van der Waals surface area contributed by atoms with E-state index in [1.54, 1.807) is 12.1 Å². The summed E-state index contributed by atoms with van der Waals surface area (Å²) in [5.74, 6) is -0.840. The van der Waals surface area contributed by atoms with Crippen LogP contribution < -0.4 is 5.32 Å². The quantitative estimate of drug-likeness (QED) is 0.850. The average molecular weight is 338 g/mol. The highest BCUT2D eigenvalue weighted by Crippen LogP contribution is 2.21. The van der Waals surface area contributed by atoms with Crippen LogP contribution >= 0.6 is 22.9 Å². The predicted octanol–water partition coefficient (Wildman–Crippen LogP) is 3.49. The van der Waals surface area contributed by atoms with Crippen LogP contribution in [0, 0.1) is 13.8 Å². The number of aryl methyl sites for hydroxylation is 2. The normalized spacial score (nSPS) is 10.3. The molecule has 0 saturated carbocycles. The van der Waals surface area contributed by atoms with Crippen LogP contribution in [-0.2, 0) is 16.1 Å². The maximum atomic E-state index is 11.9. The molecule has 2 aromatic rings. The summed E-state index contributed by atoms with van der Waals surface area (Å²) in [7, 11) is 0. The van der Waals surface area contributed by atoms with E-state index in [-0.39, 0.29) is 12.5 Å². The van der Waals surface area contributed by atoms with Crippen LogP contribution in [0.3, 0.4) is 0 Å². The molecular formula is C16H16ClNO3S. The first-order chi connectivity index (χ1) is 10.5. The molecule has 22 heavy (non-hydrogen) atoms. The lowest BCUT2D eigenvalue weighted by Crippen LogP contribution is -2.28. The van der Waals surface area contributed by atoms with Gasteiger partial charge in [-0.3, -0.25) is 4.79 Å². The van der Waals surface area contributed by atoms with Crippen molar-refractivity contribution in [1.82, 2.24) is 5.32 Å². The Balaban J connectivity index is 1.82. The smallest absolute Gasteiger partial charge is 0.339 e. The van der Waals surface area contributed by atoms with E-state index in [4.69, 9.17) is 16.3 Å². The summed E-state index contributed by atoms with van der Waals surface area (Å²) in [6.07, 6.45) is 0. The molecule has 1 aromatic carbocycles. The molecular weight excluding hydrogens is 322 g/mol. The summed E-state index contributed by atoms with van der Waals surface area (Å²) in [6.45, 7) is 3.76. The van der Waals surface area contributed by atoms with Crippen molar-refractivity contribution in [1.29, 1.82) is 0 Å². The number of carbonyl (C=O) groups excluding carboxylic acids is 2. The van der Waals surface area contributed by atoms with Gasteiger partial charge >= 0.3 is 5.97 Å². The SMILES string of the molecule is Cc1cc(C(=O)OCC(=O)NCc2ccccc2Cl)c(C)s1. The van der Waals surface area contributed by atoms with Gasteiger partial charge in [0, 0.05) is 21.3 Å². The zero-order valence-electron chi connectivity index (χ0n) is 12.3. The molecule has 1 heterocycles. The zero-order valence-corrected chi connectivity index (χ0v) is 13.9. The number of nitrogens with one attached hydrogen (secondary N) is 1. The van der Waals surface area contributed by atoms with Gasteiger partial charge in [-0.15, -0.1) is 11.3 Å². The number of halogens is 1. The Bertz CT molecular complexity index is 696. The van der Waals surface area contributed by atoms with Crippen molar-refractivity contribution in [2.75, 3.05) is 6.61 Å². The lowest BCUT2D eigenvalue weighted by molar-refractivity contribution is -0.124. The molecule has 0 radical (unpaired) electrons. The van der Waals surface area contributed by atoms with E-state index in [1.807, 2.05) is 32.0 Å². The Morgan fingerprint density at radius 2 is 2.00 bits per heavy atom. The molecule has 0 spiro atoms. The number of carbonyl (C=O) groups is 2. The molecule has 0 unspecified atom stereocenters. The van der Waals surface area contributed by atoms with Gasteiger partial charge in [0.1, 0.15) is 0 Å². The molecule has 0 aliphatic rings. The molecule has 116 valence electrons. The third kappa shape index (κ3) is 4.32. The van der Waals surface area contributed by atoms with Crippen LogP contribution in [0.25, 0.3) is 0 Å². The third-order valence-electron chi connectivity index (χ3n) is 3.03. The monoisotopic (exact) mass is 337 g/mol. The van der Waals surface area contributed by atoms with Crippen molar-refractivity contribution in [3.05, 3.63) is 56.2 Å². The van der Waals surface area contributed by atoms with E-state index >= 15 is 0 Å². The predicted molar refractivity (Wildman–Crippen MR) is 87.4 cm³/mol. The van der Waals surface area contributed by atoms with E-state index in [1.165, 1.54) is 11.3 Å². The van der Waals surface area contributed by atoms with Gasteiger partial charge in [0.15, 0.2) is 6.61 Å². The Labute approximate surface area is 138 Å². The number of amides is 1. The van der Waals surface area contributed by atoms with Crippen LogP contribution in [0.1, 0.15) is 25.7 Å². The molecule has 6 heteroatoms. The highest BCUT2D eigenvalue weighted by molar-refractivity contribution is 7.12. The fourth-order valence-corrected chi connectivity index (χ4v) is 3.04. The third-order valence-corrected chi connectivity index (χ3v) is 4.36. The first-order valence-electron chi connectivity index (χ1n) is 6.71. The molecule has 0 fully saturated rings. The van der Waals surface area contributed by atoms with Gasteiger partial charge in [-0.1, -0.05) is 29.8 Å². The lowest BCUT2D eigenvalue weighted by Gasteiger charge is -2.07. The number of esters is 1. The van der Waals surface area contributed by atoms with Crippen LogP contribution in [-0.4, -0.2) is 18.5 Å². The fourth-order valence-electron chi connectivity index (χ4n) is 1.93. The zero-order chi connectivity index (χ0) is 16.1. The molecule has 1 aromatic heterocycles. The number of rotatable bonds is 5. The number of thiophene rings is 1. The number of hydrogen-bond acceptors (Lipinski definition) is 4. The van der Waals surface area contributed by atoms with Crippen LogP contribution in [0.15, 0.2) is 30.3 Å². The number of hydrogen-bond donors (Lipinski definition) is 1. The topological polar surface area (TPSA) is 55.4 Å². The summed E-state index contributed by atoms with van der Waals surface area (Å²) in [5, 5.41) is 3.26. The van der Waals surface area contributed by atoms with Gasteiger partial charge in [0.25, 0.3) is 5.91 Å². The van der Waals surface area contributed by atoms with E-state index in [0.29, 0.717) is 17.1 Å². The largest absolute Gasteiger partial charge is 0.452 e. The summed E-state index contributed by atoms with van der Waals surface area (Å²) in [6, 6.07) is 9.01. The van der Waals surface area contributed by atoms with Crippen LogP contribution in [0.5, 0.6) is 0 Å².